The summed E-state index contributed by atoms with van der Waals surface area (Å²) in [4.78, 5) is 28.7. The lowest BCUT2D eigenvalue weighted by atomic mass is 10.1. The molecule has 0 radical (unpaired) electrons. The molecule has 5 heteroatoms. The van der Waals surface area contributed by atoms with E-state index in [1.165, 1.54) is 7.11 Å². The smallest absolute Gasteiger partial charge is 0.328 e. The van der Waals surface area contributed by atoms with Crippen molar-refractivity contribution in [2.75, 3.05) is 7.11 Å². The highest BCUT2D eigenvalue weighted by atomic mass is 16.5. The number of para-hydroxylation sites is 1. The third-order valence-electron chi connectivity index (χ3n) is 3.43. The molecular formula is C18H20N2O3. The topological polar surface area (TPSA) is 68.3 Å². The van der Waals surface area contributed by atoms with Crippen molar-refractivity contribution < 1.29 is 14.3 Å². The van der Waals surface area contributed by atoms with Gasteiger partial charge in [-0.15, -0.1) is 0 Å². The number of nitrogens with one attached hydrogen (secondary N) is 1. The maximum absolute atomic E-state index is 12.6. The van der Waals surface area contributed by atoms with E-state index in [-0.39, 0.29) is 5.91 Å². The number of fused-ring (bicyclic) bond motifs is 1. The van der Waals surface area contributed by atoms with Gasteiger partial charge in [-0.05, 0) is 32.4 Å². The highest BCUT2D eigenvalue weighted by molar-refractivity contribution is 6.06. The van der Waals surface area contributed by atoms with Crippen molar-refractivity contribution in [2.45, 2.75) is 26.3 Å². The molecule has 23 heavy (non-hydrogen) atoms. The van der Waals surface area contributed by atoms with Crippen LogP contribution in [0.3, 0.4) is 0 Å². The van der Waals surface area contributed by atoms with Crippen LogP contribution in [-0.4, -0.2) is 30.0 Å². The van der Waals surface area contributed by atoms with Gasteiger partial charge in [-0.3, -0.25) is 9.78 Å². The molecule has 1 aromatic carbocycles. The van der Waals surface area contributed by atoms with Crippen LogP contribution < -0.4 is 5.32 Å². The summed E-state index contributed by atoms with van der Waals surface area (Å²) in [5, 5.41) is 3.61. The number of benzene rings is 1. The molecule has 0 spiro atoms. The zero-order valence-corrected chi connectivity index (χ0v) is 13.5. The van der Waals surface area contributed by atoms with Crippen LogP contribution >= 0.6 is 0 Å². The molecular weight excluding hydrogens is 292 g/mol. The van der Waals surface area contributed by atoms with E-state index in [0.717, 1.165) is 11.0 Å². The second kappa shape index (κ2) is 7.54. The van der Waals surface area contributed by atoms with Gasteiger partial charge in [0, 0.05) is 11.6 Å². The molecule has 0 aliphatic heterocycles. The van der Waals surface area contributed by atoms with E-state index in [4.69, 9.17) is 4.74 Å². The molecule has 1 heterocycles. The van der Waals surface area contributed by atoms with Gasteiger partial charge in [-0.25, -0.2) is 4.79 Å². The van der Waals surface area contributed by atoms with Crippen molar-refractivity contribution in [1.82, 2.24) is 10.3 Å². The van der Waals surface area contributed by atoms with Crippen LogP contribution in [0.25, 0.3) is 10.9 Å². The summed E-state index contributed by atoms with van der Waals surface area (Å²) in [5.74, 6) is -0.809. The van der Waals surface area contributed by atoms with E-state index >= 15 is 0 Å². The summed E-state index contributed by atoms with van der Waals surface area (Å²) in [5.41, 5.74) is 2.12. The van der Waals surface area contributed by atoms with Gasteiger partial charge in [0.1, 0.15) is 6.04 Å². The van der Waals surface area contributed by atoms with Crippen molar-refractivity contribution in [3.63, 3.8) is 0 Å². The monoisotopic (exact) mass is 312 g/mol. The Morgan fingerprint density at radius 3 is 2.70 bits per heavy atom. The summed E-state index contributed by atoms with van der Waals surface area (Å²) in [6.45, 7) is 3.87. The van der Waals surface area contributed by atoms with Crippen LogP contribution in [0.1, 0.15) is 30.6 Å². The predicted octanol–water partition coefficient (Wildman–Crippen LogP) is 2.86. The fraction of sp³-hybridized carbons (Fsp3) is 0.278. The number of hydrogen-bond donors (Lipinski definition) is 1. The van der Waals surface area contributed by atoms with Crippen LogP contribution in [0, 0.1) is 0 Å². The maximum Gasteiger partial charge on any atom is 0.328 e. The Labute approximate surface area is 135 Å². The van der Waals surface area contributed by atoms with E-state index < -0.39 is 12.0 Å². The lowest BCUT2D eigenvalue weighted by Gasteiger charge is -2.15. The first-order valence-electron chi connectivity index (χ1n) is 7.38. The van der Waals surface area contributed by atoms with E-state index in [0.29, 0.717) is 17.5 Å². The summed E-state index contributed by atoms with van der Waals surface area (Å²) in [6.07, 6.45) is 3.92. The molecule has 1 aromatic heterocycles. The lowest BCUT2D eigenvalue weighted by molar-refractivity contribution is -0.142. The number of carbonyl (C=O) groups is 2. The van der Waals surface area contributed by atoms with Crippen molar-refractivity contribution in [3.8, 4) is 0 Å². The number of hydrogen-bond acceptors (Lipinski definition) is 4. The minimum atomic E-state index is -0.721. The number of ether oxygens (including phenoxy) is 1. The Kier molecular flexibility index (Phi) is 5.46. The highest BCUT2D eigenvalue weighted by Gasteiger charge is 2.22. The Morgan fingerprint density at radius 1 is 1.26 bits per heavy atom. The third kappa shape index (κ3) is 4.16. The summed E-state index contributed by atoms with van der Waals surface area (Å²) in [7, 11) is 1.31. The first-order valence-corrected chi connectivity index (χ1v) is 7.38. The van der Waals surface area contributed by atoms with Gasteiger partial charge >= 0.3 is 5.97 Å². The number of nitrogens with zero attached hydrogens (tertiary/aromatic N) is 1. The largest absolute Gasteiger partial charge is 0.467 e. The molecule has 1 atom stereocenters. The van der Waals surface area contributed by atoms with E-state index in [9.17, 15) is 9.59 Å². The van der Waals surface area contributed by atoms with Gasteiger partial charge in [0.05, 0.1) is 18.2 Å². The van der Waals surface area contributed by atoms with Crippen molar-refractivity contribution in [2.24, 2.45) is 0 Å². The lowest BCUT2D eigenvalue weighted by Crippen LogP contribution is -2.41. The Hall–Kier alpha value is -2.69. The van der Waals surface area contributed by atoms with Crippen LogP contribution in [0.15, 0.2) is 48.2 Å². The van der Waals surface area contributed by atoms with Crippen molar-refractivity contribution >= 4 is 22.8 Å². The average Bonchev–Trinajstić information content (AvgIpc) is 2.56. The molecule has 1 amide bonds. The number of carbonyl (C=O) groups excluding carboxylic acids is 2. The SMILES string of the molecule is COC(=O)[C@H](CC=C(C)C)NC(=O)c1cccc2cccnc12. The molecule has 2 rings (SSSR count). The van der Waals surface area contributed by atoms with Gasteiger partial charge in [-0.2, -0.15) is 0 Å². The van der Waals surface area contributed by atoms with Crippen LogP contribution in [-0.2, 0) is 9.53 Å². The minimum absolute atomic E-state index is 0.341. The Bertz CT molecular complexity index is 744. The number of allylic oxidation sites excluding steroid dienone is 1. The highest BCUT2D eigenvalue weighted by Crippen LogP contribution is 2.16. The molecule has 0 unspecified atom stereocenters. The van der Waals surface area contributed by atoms with Crippen LogP contribution in [0.2, 0.25) is 0 Å². The number of aromatic nitrogens is 1. The van der Waals surface area contributed by atoms with Gasteiger partial charge in [0.25, 0.3) is 5.91 Å². The predicted molar refractivity (Wildman–Crippen MR) is 89.1 cm³/mol. The number of esters is 1. The molecule has 1 N–H and O–H groups in total. The number of rotatable bonds is 5. The fourth-order valence-electron chi connectivity index (χ4n) is 2.23. The van der Waals surface area contributed by atoms with E-state index in [1.54, 1.807) is 18.3 Å². The van der Waals surface area contributed by atoms with Crippen LogP contribution in [0.4, 0.5) is 0 Å². The maximum atomic E-state index is 12.6. The first kappa shape index (κ1) is 16.7. The number of pyridine rings is 1. The number of methoxy groups -OCH3 is 1. The average molecular weight is 312 g/mol. The van der Waals surface area contributed by atoms with Crippen LogP contribution in [0.5, 0.6) is 0 Å². The van der Waals surface area contributed by atoms with E-state index in [2.05, 4.69) is 10.3 Å². The zero-order chi connectivity index (χ0) is 16.8. The second-order valence-electron chi connectivity index (χ2n) is 5.45. The molecule has 0 saturated carbocycles. The molecule has 0 fully saturated rings. The Balaban J connectivity index is 2.26. The Morgan fingerprint density at radius 2 is 2.00 bits per heavy atom. The summed E-state index contributed by atoms with van der Waals surface area (Å²) < 4.78 is 4.77. The van der Waals surface area contributed by atoms with Gasteiger partial charge < -0.3 is 10.1 Å². The van der Waals surface area contributed by atoms with Gasteiger partial charge in [0.15, 0.2) is 0 Å². The van der Waals surface area contributed by atoms with Crippen molar-refractivity contribution in [3.05, 3.63) is 53.7 Å². The van der Waals surface area contributed by atoms with Crippen molar-refractivity contribution in [1.29, 1.82) is 0 Å². The molecule has 120 valence electrons. The second-order valence-corrected chi connectivity index (χ2v) is 5.45. The first-order chi connectivity index (χ1) is 11.0. The standard InChI is InChI=1S/C18H20N2O3/c1-12(2)9-10-15(18(22)23-3)20-17(21)14-8-4-6-13-7-5-11-19-16(13)14/h4-9,11,15H,10H2,1-3H3,(H,20,21)/t15-/m0/s1. The molecule has 0 aliphatic carbocycles. The van der Waals surface area contributed by atoms with E-state index in [1.807, 2.05) is 38.1 Å². The zero-order valence-electron chi connectivity index (χ0n) is 13.5. The summed E-state index contributed by atoms with van der Waals surface area (Å²) >= 11 is 0. The molecule has 5 nitrogen and oxygen atoms in total. The normalized spacial score (nSPS) is 11.6. The number of amides is 1. The molecule has 0 bridgehead atoms. The third-order valence-corrected chi connectivity index (χ3v) is 3.43. The minimum Gasteiger partial charge on any atom is -0.467 e. The van der Waals surface area contributed by atoms with Gasteiger partial charge in [0.2, 0.25) is 0 Å². The fourth-order valence-corrected chi connectivity index (χ4v) is 2.23. The quantitative estimate of drug-likeness (QED) is 0.681. The molecule has 2 aromatic rings. The summed E-state index contributed by atoms with van der Waals surface area (Å²) in [6, 6.07) is 8.36. The van der Waals surface area contributed by atoms with Gasteiger partial charge in [-0.1, -0.05) is 29.8 Å². The molecule has 0 saturated heterocycles. The molecule has 0 aliphatic rings.